The van der Waals surface area contributed by atoms with Crippen molar-refractivity contribution in [2.45, 2.75) is 19.4 Å². The standard InChI is InChI=1S/C11H15BrN4O2/c1-7-6-15(3-2-9(7)13)11-8(12)4-14-5-10(11)16(17)18/h4-5,7,9H,2-3,6,13H2,1H3. The fourth-order valence-corrected chi connectivity index (χ4v) is 2.80. The van der Waals surface area contributed by atoms with Gasteiger partial charge >= 0.3 is 5.69 Å². The first-order valence-electron chi connectivity index (χ1n) is 5.79. The molecule has 0 amide bonds. The van der Waals surface area contributed by atoms with Gasteiger partial charge in [0, 0.05) is 25.3 Å². The second-order valence-corrected chi connectivity index (χ2v) is 5.48. The van der Waals surface area contributed by atoms with E-state index in [9.17, 15) is 10.1 Å². The zero-order chi connectivity index (χ0) is 13.3. The number of nitro groups is 1. The molecule has 6 nitrogen and oxygen atoms in total. The minimum Gasteiger partial charge on any atom is -0.365 e. The van der Waals surface area contributed by atoms with E-state index in [2.05, 4.69) is 27.8 Å². The molecule has 2 heterocycles. The molecule has 0 aliphatic carbocycles. The third-order valence-corrected chi connectivity index (χ3v) is 3.92. The van der Waals surface area contributed by atoms with Crippen LogP contribution in [-0.2, 0) is 0 Å². The maximum atomic E-state index is 11.1. The van der Waals surface area contributed by atoms with Crippen molar-refractivity contribution >= 4 is 27.3 Å². The van der Waals surface area contributed by atoms with Gasteiger partial charge in [-0.3, -0.25) is 15.1 Å². The van der Waals surface area contributed by atoms with Gasteiger partial charge in [-0.15, -0.1) is 0 Å². The van der Waals surface area contributed by atoms with Crippen LogP contribution in [0, 0.1) is 16.0 Å². The number of rotatable bonds is 2. The zero-order valence-corrected chi connectivity index (χ0v) is 11.6. The summed E-state index contributed by atoms with van der Waals surface area (Å²) in [6, 6.07) is 0.168. The molecular formula is C11H15BrN4O2. The quantitative estimate of drug-likeness (QED) is 0.666. The molecular weight excluding hydrogens is 300 g/mol. The number of anilines is 1. The predicted octanol–water partition coefficient (Wildman–Crippen LogP) is 1.93. The summed E-state index contributed by atoms with van der Waals surface area (Å²) >= 11 is 3.35. The van der Waals surface area contributed by atoms with Gasteiger partial charge in [0.2, 0.25) is 0 Å². The Morgan fingerprint density at radius 3 is 2.94 bits per heavy atom. The smallest absolute Gasteiger partial charge is 0.311 e. The second kappa shape index (κ2) is 5.19. The van der Waals surface area contributed by atoms with Gasteiger partial charge in [-0.05, 0) is 28.3 Å². The molecule has 7 heteroatoms. The van der Waals surface area contributed by atoms with E-state index < -0.39 is 4.92 Å². The molecule has 1 aliphatic rings. The normalized spacial score (nSPS) is 24.1. The van der Waals surface area contributed by atoms with Crippen LogP contribution < -0.4 is 10.6 Å². The summed E-state index contributed by atoms with van der Waals surface area (Å²) in [5, 5.41) is 11.1. The number of piperidine rings is 1. The monoisotopic (exact) mass is 314 g/mol. The largest absolute Gasteiger partial charge is 0.365 e. The number of hydrogen-bond donors (Lipinski definition) is 1. The van der Waals surface area contributed by atoms with Crippen molar-refractivity contribution in [3.05, 3.63) is 27.0 Å². The molecule has 1 aromatic rings. The van der Waals surface area contributed by atoms with Crippen LogP contribution in [0.25, 0.3) is 0 Å². The van der Waals surface area contributed by atoms with Gasteiger partial charge < -0.3 is 10.6 Å². The molecule has 1 saturated heterocycles. The molecule has 0 saturated carbocycles. The lowest BCUT2D eigenvalue weighted by Gasteiger charge is -2.36. The Kier molecular flexibility index (Phi) is 3.82. The molecule has 1 aromatic heterocycles. The van der Waals surface area contributed by atoms with Gasteiger partial charge in [0.25, 0.3) is 0 Å². The van der Waals surface area contributed by atoms with E-state index in [1.54, 1.807) is 6.20 Å². The van der Waals surface area contributed by atoms with E-state index in [1.165, 1.54) is 6.20 Å². The molecule has 1 fully saturated rings. The highest BCUT2D eigenvalue weighted by Crippen LogP contribution is 2.36. The molecule has 2 N–H and O–H groups in total. The fourth-order valence-electron chi connectivity index (χ4n) is 2.23. The summed E-state index contributed by atoms with van der Waals surface area (Å²) in [5.74, 6) is 0.318. The molecule has 98 valence electrons. The lowest BCUT2D eigenvalue weighted by atomic mass is 9.94. The Labute approximate surface area is 113 Å². The Hall–Kier alpha value is -1.21. The third kappa shape index (κ3) is 2.46. The summed E-state index contributed by atoms with van der Waals surface area (Å²) in [4.78, 5) is 16.5. The Morgan fingerprint density at radius 2 is 2.33 bits per heavy atom. The second-order valence-electron chi connectivity index (χ2n) is 4.62. The molecule has 0 spiro atoms. The first-order chi connectivity index (χ1) is 8.50. The summed E-state index contributed by atoms with van der Waals surface area (Å²) in [7, 11) is 0. The maximum absolute atomic E-state index is 11.1. The van der Waals surface area contributed by atoms with Crippen LogP contribution in [-0.4, -0.2) is 29.0 Å². The topological polar surface area (TPSA) is 85.3 Å². The van der Waals surface area contributed by atoms with Crippen LogP contribution in [0.1, 0.15) is 13.3 Å². The van der Waals surface area contributed by atoms with Crippen LogP contribution in [0.2, 0.25) is 0 Å². The van der Waals surface area contributed by atoms with Crippen molar-refractivity contribution in [1.29, 1.82) is 0 Å². The number of hydrogen-bond acceptors (Lipinski definition) is 5. The lowest BCUT2D eigenvalue weighted by molar-refractivity contribution is -0.384. The van der Waals surface area contributed by atoms with Crippen molar-refractivity contribution in [1.82, 2.24) is 4.98 Å². The van der Waals surface area contributed by atoms with Crippen LogP contribution in [0.5, 0.6) is 0 Å². The van der Waals surface area contributed by atoms with Crippen LogP contribution >= 0.6 is 15.9 Å². The van der Waals surface area contributed by atoms with Crippen LogP contribution in [0.15, 0.2) is 16.9 Å². The van der Waals surface area contributed by atoms with Gasteiger partial charge in [0.15, 0.2) is 0 Å². The number of nitrogens with two attached hydrogens (primary N) is 1. The van der Waals surface area contributed by atoms with Gasteiger partial charge in [0.05, 0.1) is 9.40 Å². The number of halogens is 1. The Morgan fingerprint density at radius 1 is 1.61 bits per heavy atom. The molecule has 2 rings (SSSR count). The van der Waals surface area contributed by atoms with E-state index >= 15 is 0 Å². The van der Waals surface area contributed by atoms with E-state index in [0.29, 0.717) is 16.1 Å². The molecule has 0 bridgehead atoms. The SMILES string of the molecule is CC1CN(c2c(Br)cncc2[N+](=O)[O-])CCC1N. The Balaban J connectivity index is 2.36. The molecule has 2 unspecified atom stereocenters. The molecule has 0 radical (unpaired) electrons. The van der Waals surface area contributed by atoms with E-state index in [4.69, 9.17) is 5.73 Å². The highest BCUT2D eigenvalue weighted by Gasteiger charge is 2.29. The van der Waals surface area contributed by atoms with Crippen molar-refractivity contribution in [3.8, 4) is 0 Å². The van der Waals surface area contributed by atoms with Crippen molar-refractivity contribution in [2.75, 3.05) is 18.0 Å². The van der Waals surface area contributed by atoms with Crippen LogP contribution in [0.4, 0.5) is 11.4 Å². The van der Waals surface area contributed by atoms with Gasteiger partial charge in [0.1, 0.15) is 11.9 Å². The Bertz CT molecular complexity index is 468. The summed E-state index contributed by atoms with van der Waals surface area (Å²) in [6.07, 6.45) is 3.72. The fraction of sp³-hybridized carbons (Fsp3) is 0.545. The minimum atomic E-state index is -0.397. The molecule has 1 aliphatic heterocycles. The highest BCUT2D eigenvalue weighted by atomic mass is 79.9. The van der Waals surface area contributed by atoms with Crippen molar-refractivity contribution in [3.63, 3.8) is 0 Å². The van der Waals surface area contributed by atoms with Gasteiger partial charge in [-0.2, -0.15) is 0 Å². The summed E-state index contributed by atoms with van der Waals surface area (Å²) < 4.78 is 0.652. The van der Waals surface area contributed by atoms with E-state index in [0.717, 1.165) is 19.5 Å². The van der Waals surface area contributed by atoms with Gasteiger partial charge in [-0.1, -0.05) is 6.92 Å². The van der Waals surface area contributed by atoms with Crippen molar-refractivity contribution in [2.24, 2.45) is 11.7 Å². The third-order valence-electron chi connectivity index (χ3n) is 3.34. The van der Waals surface area contributed by atoms with Crippen LogP contribution in [0.3, 0.4) is 0 Å². The summed E-state index contributed by atoms with van der Waals surface area (Å²) in [5.41, 5.74) is 6.61. The average Bonchev–Trinajstić information content (AvgIpc) is 2.32. The van der Waals surface area contributed by atoms with E-state index in [-0.39, 0.29) is 11.7 Å². The first kappa shape index (κ1) is 13.2. The number of aromatic nitrogens is 1. The molecule has 2 atom stereocenters. The van der Waals surface area contributed by atoms with Crippen molar-refractivity contribution < 1.29 is 4.92 Å². The maximum Gasteiger partial charge on any atom is 0.311 e. The predicted molar refractivity (Wildman–Crippen MR) is 72.6 cm³/mol. The highest BCUT2D eigenvalue weighted by molar-refractivity contribution is 9.10. The summed E-state index contributed by atoms with van der Waals surface area (Å²) in [6.45, 7) is 3.53. The number of nitrogens with zero attached hydrogens (tertiary/aromatic N) is 3. The molecule has 0 aromatic carbocycles. The average molecular weight is 315 g/mol. The lowest BCUT2D eigenvalue weighted by Crippen LogP contribution is -2.46. The van der Waals surface area contributed by atoms with E-state index in [1.807, 2.05) is 4.90 Å². The number of pyridine rings is 1. The van der Waals surface area contributed by atoms with Gasteiger partial charge in [-0.25, -0.2) is 0 Å². The zero-order valence-electron chi connectivity index (χ0n) is 10.0. The minimum absolute atomic E-state index is 0.0343. The molecule has 18 heavy (non-hydrogen) atoms. The first-order valence-corrected chi connectivity index (χ1v) is 6.58.